The summed E-state index contributed by atoms with van der Waals surface area (Å²) in [4.78, 5) is 5.55. The van der Waals surface area contributed by atoms with E-state index in [4.69, 9.17) is 15.8 Å². The summed E-state index contributed by atoms with van der Waals surface area (Å²) in [5, 5.41) is 8.79. The van der Waals surface area contributed by atoms with Gasteiger partial charge in [-0.25, -0.2) is 0 Å². The molecule has 4 heteroatoms. The van der Waals surface area contributed by atoms with Crippen molar-refractivity contribution >= 4 is 11.4 Å². The molecule has 20 heavy (non-hydrogen) atoms. The van der Waals surface area contributed by atoms with Crippen molar-refractivity contribution in [2.24, 2.45) is 0 Å². The van der Waals surface area contributed by atoms with Crippen LogP contribution in [0.2, 0.25) is 0 Å². The van der Waals surface area contributed by atoms with Gasteiger partial charge in [0.25, 0.3) is 0 Å². The van der Waals surface area contributed by atoms with Crippen LogP contribution in [0.25, 0.3) is 5.70 Å². The van der Waals surface area contributed by atoms with Gasteiger partial charge in [-0.15, -0.1) is 0 Å². The fourth-order valence-corrected chi connectivity index (χ4v) is 2.08. The van der Waals surface area contributed by atoms with E-state index < -0.39 is 0 Å². The maximum absolute atomic E-state index is 8.79. The monoisotopic (exact) mass is 263 g/mol. The first-order valence-corrected chi connectivity index (χ1v) is 6.26. The second kappa shape index (κ2) is 5.08. The van der Waals surface area contributed by atoms with E-state index in [1.165, 1.54) is 0 Å². The average Bonchev–Trinajstić information content (AvgIpc) is 2.98. The lowest BCUT2D eigenvalue weighted by Gasteiger charge is -2.07. The van der Waals surface area contributed by atoms with Gasteiger partial charge in [-0.3, -0.25) is 10.3 Å². The number of nitriles is 1. The number of hydrogen-bond acceptors (Lipinski definition) is 4. The van der Waals surface area contributed by atoms with Crippen LogP contribution in [0.15, 0.2) is 54.6 Å². The Morgan fingerprint density at radius 3 is 2.40 bits per heavy atom. The molecule has 0 aliphatic carbocycles. The van der Waals surface area contributed by atoms with Gasteiger partial charge in [-0.1, -0.05) is 24.3 Å². The Balaban J connectivity index is 1.83. The van der Waals surface area contributed by atoms with Crippen LogP contribution < -0.4 is 11.2 Å². The molecule has 1 aliphatic heterocycles. The standard InChI is InChI=1S/C16H13N3O/c17-10-11-1-3-12(4-2-11)15-9-16(20-19-15)13-5-7-14(18)8-6-13/h1-9,16,19H,18H2. The maximum atomic E-state index is 8.79. The first-order chi connectivity index (χ1) is 9.76. The van der Waals surface area contributed by atoms with E-state index in [0.29, 0.717) is 5.56 Å². The third-order valence-electron chi connectivity index (χ3n) is 3.20. The highest BCUT2D eigenvalue weighted by molar-refractivity contribution is 5.66. The van der Waals surface area contributed by atoms with E-state index in [1.807, 2.05) is 42.5 Å². The Morgan fingerprint density at radius 1 is 1.05 bits per heavy atom. The minimum Gasteiger partial charge on any atom is -0.399 e. The molecule has 0 spiro atoms. The van der Waals surface area contributed by atoms with Crippen LogP contribution in [0.4, 0.5) is 5.69 Å². The third kappa shape index (κ3) is 2.35. The molecule has 4 nitrogen and oxygen atoms in total. The minimum absolute atomic E-state index is 0.138. The molecule has 1 atom stereocenters. The Labute approximate surface area is 117 Å². The fourth-order valence-electron chi connectivity index (χ4n) is 2.08. The van der Waals surface area contributed by atoms with Gasteiger partial charge >= 0.3 is 0 Å². The Hall–Kier alpha value is -2.77. The van der Waals surface area contributed by atoms with Crippen LogP contribution >= 0.6 is 0 Å². The van der Waals surface area contributed by atoms with E-state index in [0.717, 1.165) is 22.5 Å². The van der Waals surface area contributed by atoms with Crippen molar-refractivity contribution in [3.8, 4) is 6.07 Å². The molecule has 2 aromatic rings. The predicted octanol–water partition coefficient (Wildman–Crippen LogP) is 2.76. The quantitative estimate of drug-likeness (QED) is 0.817. The second-order valence-electron chi connectivity index (χ2n) is 4.58. The fraction of sp³-hybridized carbons (Fsp3) is 0.0625. The van der Waals surface area contributed by atoms with Crippen LogP contribution in [0.3, 0.4) is 0 Å². The lowest BCUT2D eigenvalue weighted by Crippen LogP contribution is -2.07. The molecule has 2 aromatic carbocycles. The van der Waals surface area contributed by atoms with Gasteiger partial charge in [0, 0.05) is 5.69 Å². The smallest absolute Gasteiger partial charge is 0.131 e. The number of benzene rings is 2. The molecule has 1 unspecified atom stereocenters. The van der Waals surface area contributed by atoms with Crippen LogP contribution in [-0.4, -0.2) is 0 Å². The number of anilines is 1. The molecule has 1 heterocycles. The number of rotatable bonds is 2. The highest BCUT2D eigenvalue weighted by Crippen LogP contribution is 2.28. The summed E-state index contributed by atoms with van der Waals surface area (Å²) in [6, 6.07) is 17.1. The Morgan fingerprint density at radius 2 is 1.75 bits per heavy atom. The minimum atomic E-state index is -0.138. The number of nitrogens with one attached hydrogen (secondary N) is 1. The zero-order chi connectivity index (χ0) is 13.9. The summed E-state index contributed by atoms with van der Waals surface area (Å²) in [5.41, 5.74) is 12.9. The van der Waals surface area contributed by atoms with E-state index in [2.05, 4.69) is 11.5 Å². The van der Waals surface area contributed by atoms with Crippen LogP contribution in [-0.2, 0) is 4.84 Å². The van der Waals surface area contributed by atoms with Crippen LogP contribution in [0, 0.1) is 11.3 Å². The summed E-state index contributed by atoms with van der Waals surface area (Å²) in [6.07, 6.45) is 1.87. The molecule has 1 aliphatic rings. The predicted molar refractivity (Wildman–Crippen MR) is 77.0 cm³/mol. The molecule has 0 aromatic heterocycles. The second-order valence-corrected chi connectivity index (χ2v) is 4.58. The SMILES string of the molecule is N#Cc1ccc(C2=CC(c3ccc(N)cc3)ON2)cc1. The van der Waals surface area contributed by atoms with Gasteiger partial charge in [0.2, 0.25) is 0 Å². The van der Waals surface area contributed by atoms with E-state index in [9.17, 15) is 0 Å². The highest BCUT2D eigenvalue weighted by atomic mass is 16.7. The van der Waals surface area contributed by atoms with E-state index in [-0.39, 0.29) is 6.10 Å². The summed E-state index contributed by atoms with van der Waals surface area (Å²) in [6.45, 7) is 0. The van der Waals surface area contributed by atoms with Gasteiger partial charge in [-0.05, 0) is 41.5 Å². The lowest BCUT2D eigenvalue weighted by atomic mass is 10.1. The van der Waals surface area contributed by atoms with Crippen molar-refractivity contribution in [3.63, 3.8) is 0 Å². The van der Waals surface area contributed by atoms with Crippen molar-refractivity contribution in [3.05, 3.63) is 71.3 Å². The summed E-state index contributed by atoms with van der Waals surface area (Å²) in [7, 11) is 0. The molecule has 0 saturated heterocycles. The van der Waals surface area contributed by atoms with Gasteiger partial charge < -0.3 is 5.73 Å². The van der Waals surface area contributed by atoms with Gasteiger partial charge in [0.05, 0.1) is 17.3 Å². The van der Waals surface area contributed by atoms with Gasteiger partial charge in [0.1, 0.15) is 6.10 Å². The van der Waals surface area contributed by atoms with Gasteiger partial charge in [0.15, 0.2) is 0 Å². The topological polar surface area (TPSA) is 71.1 Å². The van der Waals surface area contributed by atoms with Gasteiger partial charge in [-0.2, -0.15) is 5.26 Å². The number of nitrogens with two attached hydrogens (primary N) is 1. The van der Waals surface area contributed by atoms with E-state index in [1.54, 1.807) is 12.1 Å². The third-order valence-corrected chi connectivity index (χ3v) is 3.20. The van der Waals surface area contributed by atoms with Crippen molar-refractivity contribution in [1.82, 2.24) is 5.48 Å². The van der Waals surface area contributed by atoms with Crippen molar-refractivity contribution in [1.29, 1.82) is 5.26 Å². The van der Waals surface area contributed by atoms with E-state index >= 15 is 0 Å². The molecular formula is C16H13N3O. The van der Waals surface area contributed by atoms with Crippen LogP contribution in [0.5, 0.6) is 0 Å². The molecule has 0 bridgehead atoms. The molecule has 0 amide bonds. The maximum Gasteiger partial charge on any atom is 0.131 e. The number of hydroxylamine groups is 1. The molecule has 0 radical (unpaired) electrons. The van der Waals surface area contributed by atoms with Crippen LogP contribution in [0.1, 0.15) is 22.8 Å². The largest absolute Gasteiger partial charge is 0.399 e. The summed E-state index contributed by atoms with van der Waals surface area (Å²) >= 11 is 0. The van der Waals surface area contributed by atoms with Crippen molar-refractivity contribution in [2.75, 3.05) is 5.73 Å². The number of nitrogens with zero attached hydrogens (tertiary/aromatic N) is 1. The summed E-state index contributed by atoms with van der Waals surface area (Å²) < 4.78 is 0. The van der Waals surface area contributed by atoms with Crippen molar-refractivity contribution in [2.45, 2.75) is 6.10 Å². The first kappa shape index (κ1) is 12.3. The zero-order valence-corrected chi connectivity index (χ0v) is 10.7. The average molecular weight is 263 g/mol. The Bertz CT molecular complexity index is 681. The highest BCUT2D eigenvalue weighted by Gasteiger charge is 2.19. The lowest BCUT2D eigenvalue weighted by molar-refractivity contribution is 0.0511. The molecular weight excluding hydrogens is 250 g/mol. The normalized spacial score (nSPS) is 17.1. The number of nitrogen functional groups attached to an aromatic ring is 1. The first-order valence-electron chi connectivity index (χ1n) is 6.26. The Kier molecular flexibility index (Phi) is 3.12. The molecule has 3 N–H and O–H groups in total. The zero-order valence-electron chi connectivity index (χ0n) is 10.7. The molecule has 0 fully saturated rings. The molecule has 3 rings (SSSR count). The summed E-state index contributed by atoms with van der Waals surface area (Å²) in [5.74, 6) is 0. The number of hydrogen-bond donors (Lipinski definition) is 2. The molecule has 0 saturated carbocycles. The van der Waals surface area contributed by atoms with Crippen molar-refractivity contribution < 1.29 is 4.84 Å². The molecule has 98 valence electrons.